The monoisotopic (exact) mass is 535 g/mol. The highest BCUT2D eigenvalue weighted by molar-refractivity contribution is 7.89. The van der Waals surface area contributed by atoms with Crippen LogP contribution < -0.4 is 0 Å². The minimum absolute atomic E-state index is 0.132. The van der Waals surface area contributed by atoms with Crippen molar-refractivity contribution in [3.8, 4) is 11.5 Å². The van der Waals surface area contributed by atoms with Gasteiger partial charge in [-0.2, -0.15) is 4.31 Å². The maximum absolute atomic E-state index is 14.5. The van der Waals surface area contributed by atoms with Crippen LogP contribution in [0.1, 0.15) is 22.6 Å². The second-order valence-corrected chi connectivity index (χ2v) is 11.7. The van der Waals surface area contributed by atoms with Crippen LogP contribution in [0.25, 0.3) is 10.9 Å². The first kappa shape index (κ1) is 26.2. The zero-order chi connectivity index (χ0) is 26.9. The maximum Gasteiger partial charge on any atom is 0.259 e. The summed E-state index contributed by atoms with van der Waals surface area (Å²) in [5.74, 6) is -0.201. The Morgan fingerprint density at radius 3 is 1.97 bits per heavy atom. The fourth-order valence-corrected chi connectivity index (χ4v) is 7.00. The van der Waals surface area contributed by atoms with Crippen LogP contribution in [0.4, 0.5) is 0 Å². The predicted octanol–water partition coefficient (Wildman–Crippen LogP) is 3.82. The minimum atomic E-state index is -3.91. The van der Waals surface area contributed by atoms with Gasteiger partial charge in [0.25, 0.3) is 10.0 Å². The molecule has 0 unspecified atom stereocenters. The second-order valence-electron chi connectivity index (χ2n) is 9.82. The van der Waals surface area contributed by atoms with Crippen molar-refractivity contribution in [1.29, 1.82) is 0 Å². The van der Waals surface area contributed by atoms with Crippen LogP contribution in [0.3, 0.4) is 0 Å². The molecule has 4 aromatic rings. The van der Waals surface area contributed by atoms with Crippen molar-refractivity contribution in [2.75, 3.05) is 46.9 Å². The summed E-state index contributed by atoms with van der Waals surface area (Å²) in [6.45, 7) is 2.44. The van der Waals surface area contributed by atoms with Gasteiger partial charge in [-0.3, -0.25) is 0 Å². The van der Waals surface area contributed by atoms with Gasteiger partial charge in [-0.25, -0.2) is 8.42 Å². The van der Waals surface area contributed by atoms with Crippen molar-refractivity contribution in [1.82, 2.24) is 13.8 Å². The van der Waals surface area contributed by atoms with Gasteiger partial charge < -0.3 is 24.4 Å². The highest BCUT2D eigenvalue weighted by Gasteiger charge is 2.37. The number of aromatic nitrogens is 1. The molecule has 8 nitrogen and oxygen atoms in total. The maximum atomic E-state index is 14.5. The molecule has 0 saturated carbocycles. The quantitative estimate of drug-likeness (QED) is 0.356. The molecular formula is C29H33N3O5S. The SMILES string of the molecule is CN(C)CCn1c(S(=O)(=O)N2CCOCC2)c(C(c2ccc(O)cc2)c2ccc(O)cc2)c2ccccc21. The van der Waals surface area contributed by atoms with Crippen LogP contribution in [0.5, 0.6) is 11.5 Å². The largest absolute Gasteiger partial charge is 0.508 e. The predicted molar refractivity (Wildman–Crippen MR) is 147 cm³/mol. The van der Waals surface area contributed by atoms with Crippen LogP contribution in [0.15, 0.2) is 77.8 Å². The molecule has 0 radical (unpaired) electrons. The van der Waals surface area contributed by atoms with Crippen molar-refractivity contribution >= 4 is 20.9 Å². The Balaban J connectivity index is 1.85. The number of hydrogen-bond acceptors (Lipinski definition) is 6. The molecular weight excluding hydrogens is 502 g/mol. The van der Waals surface area contributed by atoms with E-state index in [1.54, 1.807) is 24.3 Å². The molecule has 1 fully saturated rings. The van der Waals surface area contributed by atoms with E-state index in [-0.39, 0.29) is 16.5 Å². The normalized spacial score (nSPS) is 15.1. The van der Waals surface area contributed by atoms with Crippen molar-refractivity contribution < 1.29 is 23.4 Å². The van der Waals surface area contributed by atoms with Gasteiger partial charge in [0, 0.05) is 48.6 Å². The van der Waals surface area contributed by atoms with Crippen LogP contribution in [-0.4, -0.2) is 79.3 Å². The van der Waals surface area contributed by atoms with Crippen LogP contribution in [-0.2, 0) is 21.3 Å². The zero-order valence-corrected chi connectivity index (χ0v) is 22.4. The number of phenols is 2. The molecule has 0 amide bonds. The number of benzene rings is 3. The minimum Gasteiger partial charge on any atom is -0.508 e. The number of sulfonamides is 1. The summed E-state index contributed by atoms with van der Waals surface area (Å²) in [6.07, 6.45) is 0. The average Bonchev–Trinajstić information content (AvgIpc) is 3.25. The summed E-state index contributed by atoms with van der Waals surface area (Å²) in [5.41, 5.74) is 3.20. The van der Waals surface area contributed by atoms with Gasteiger partial charge >= 0.3 is 0 Å². The summed E-state index contributed by atoms with van der Waals surface area (Å²) in [4.78, 5) is 2.04. The van der Waals surface area contributed by atoms with E-state index in [0.29, 0.717) is 45.0 Å². The number of nitrogens with zero attached hydrogens (tertiary/aromatic N) is 3. The number of morpholine rings is 1. The van der Waals surface area contributed by atoms with Crippen molar-refractivity contribution in [2.45, 2.75) is 17.5 Å². The second kappa shape index (κ2) is 10.8. The zero-order valence-electron chi connectivity index (χ0n) is 21.6. The van der Waals surface area contributed by atoms with E-state index in [4.69, 9.17) is 4.74 Å². The first-order valence-corrected chi connectivity index (χ1v) is 14.1. The topological polar surface area (TPSA) is 95.2 Å². The van der Waals surface area contributed by atoms with Crippen LogP contribution in [0.2, 0.25) is 0 Å². The lowest BCUT2D eigenvalue weighted by Crippen LogP contribution is -2.42. The molecule has 2 heterocycles. The van der Waals surface area contributed by atoms with E-state index in [1.165, 1.54) is 4.31 Å². The summed E-state index contributed by atoms with van der Waals surface area (Å²) in [7, 11) is 0.0299. The molecule has 0 aliphatic carbocycles. The number of phenolic OH excluding ortho intramolecular Hbond substituents is 2. The first-order valence-electron chi connectivity index (χ1n) is 12.7. The van der Waals surface area contributed by atoms with E-state index in [9.17, 15) is 18.6 Å². The smallest absolute Gasteiger partial charge is 0.259 e. The summed E-state index contributed by atoms with van der Waals surface area (Å²) >= 11 is 0. The van der Waals surface area contributed by atoms with Gasteiger partial charge in [0.15, 0.2) is 5.03 Å². The highest BCUT2D eigenvalue weighted by atomic mass is 32.2. The van der Waals surface area contributed by atoms with Gasteiger partial charge in [0.05, 0.1) is 13.2 Å². The van der Waals surface area contributed by atoms with E-state index < -0.39 is 15.9 Å². The lowest BCUT2D eigenvalue weighted by atomic mass is 9.85. The Hall–Kier alpha value is -3.37. The van der Waals surface area contributed by atoms with Gasteiger partial charge in [0.2, 0.25) is 0 Å². The molecule has 0 spiro atoms. The third-order valence-electron chi connectivity index (χ3n) is 7.03. The molecule has 1 saturated heterocycles. The highest BCUT2D eigenvalue weighted by Crippen LogP contribution is 2.43. The lowest BCUT2D eigenvalue weighted by molar-refractivity contribution is 0.0728. The summed E-state index contributed by atoms with van der Waals surface area (Å²) < 4.78 is 37.9. The molecule has 2 N–H and O–H groups in total. The van der Waals surface area contributed by atoms with Gasteiger partial charge in [0.1, 0.15) is 11.5 Å². The molecule has 1 aliphatic heterocycles. The number of aromatic hydroxyl groups is 2. The summed E-state index contributed by atoms with van der Waals surface area (Å²) in [5, 5.41) is 21.1. The van der Waals surface area contributed by atoms with Crippen molar-refractivity contribution in [3.05, 3.63) is 89.5 Å². The molecule has 38 heavy (non-hydrogen) atoms. The third-order valence-corrected chi connectivity index (χ3v) is 9.00. The number of ether oxygens (including phenoxy) is 1. The molecule has 200 valence electrons. The Morgan fingerprint density at radius 2 is 1.42 bits per heavy atom. The molecule has 5 rings (SSSR count). The molecule has 1 aliphatic rings. The number of fused-ring (bicyclic) bond motifs is 1. The average molecular weight is 536 g/mol. The number of likely N-dealkylation sites (N-methyl/N-ethyl adjacent to an activating group) is 1. The molecule has 9 heteroatoms. The molecule has 1 aromatic heterocycles. The Kier molecular flexibility index (Phi) is 7.45. The molecule has 3 aromatic carbocycles. The Morgan fingerprint density at radius 1 is 0.868 bits per heavy atom. The van der Waals surface area contributed by atoms with Crippen LogP contribution >= 0.6 is 0 Å². The molecule has 0 bridgehead atoms. The van der Waals surface area contributed by atoms with Crippen LogP contribution in [0, 0.1) is 0 Å². The first-order chi connectivity index (χ1) is 18.3. The molecule has 0 atom stereocenters. The Bertz CT molecular complexity index is 1460. The Labute approximate surface area is 223 Å². The van der Waals surface area contributed by atoms with Crippen molar-refractivity contribution in [3.63, 3.8) is 0 Å². The van der Waals surface area contributed by atoms with E-state index in [2.05, 4.69) is 0 Å². The number of para-hydroxylation sites is 1. The van der Waals surface area contributed by atoms with Gasteiger partial charge in [-0.05, 0) is 55.6 Å². The standard InChI is InChI=1S/C29H33N3O5S/c1-30(2)15-16-32-26-6-4-3-5-25(26)28(29(32)38(35,36)31-17-19-37-20-18-31)27(21-7-11-23(33)12-8-21)22-9-13-24(34)14-10-22/h3-14,27,33-34H,15-20H2,1-2H3. The van der Waals surface area contributed by atoms with E-state index in [1.807, 2.05) is 72.1 Å². The van der Waals surface area contributed by atoms with Gasteiger partial charge in [-0.15, -0.1) is 0 Å². The van der Waals surface area contributed by atoms with Gasteiger partial charge in [-0.1, -0.05) is 42.5 Å². The third kappa shape index (κ3) is 5.02. The van der Waals surface area contributed by atoms with E-state index >= 15 is 0 Å². The fourth-order valence-electron chi connectivity index (χ4n) is 5.15. The number of hydrogen-bond donors (Lipinski definition) is 2. The van der Waals surface area contributed by atoms with E-state index in [0.717, 1.165) is 22.0 Å². The fraction of sp³-hybridized carbons (Fsp3) is 0.310. The summed E-state index contributed by atoms with van der Waals surface area (Å²) in [6, 6.07) is 21.6. The lowest BCUT2D eigenvalue weighted by Gasteiger charge is -2.29. The number of rotatable bonds is 8. The van der Waals surface area contributed by atoms with Crippen molar-refractivity contribution in [2.24, 2.45) is 0 Å².